The van der Waals surface area contributed by atoms with Crippen LogP contribution in [-0.4, -0.2) is 51.5 Å². The number of sulfonamides is 1. The van der Waals surface area contributed by atoms with Gasteiger partial charge in [0.2, 0.25) is 15.9 Å². The lowest BCUT2D eigenvalue weighted by Gasteiger charge is -2.26. The summed E-state index contributed by atoms with van der Waals surface area (Å²) in [5.74, 6) is -0.266. The molecule has 0 aliphatic carbocycles. The molecule has 0 aromatic heterocycles. The molecule has 0 bridgehead atoms. The zero-order valence-electron chi connectivity index (χ0n) is 18.5. The summed E-state index contributed by atoms with van der Waals surface area (Å²) >= 11 is 6.00. The monoisotopic (exact) mass is 480 g/mol. The summed E-state index contributed by atoms with van der Waals surface area (Å²) in [6.07, 6.45) is 0. The summed E-state index contributed by atoms with van der Waals surface area (Å²) in [6, 6.07) is 11.7. The van der Waals surface area contributed by atoms with Crippen LogP contribution in [0.5, 0.6) is 5.75 Å². The molecule has 1 amide bonds. The highest BCUT2D eigenvalue weighted by Crippen LogP contribution is 2.33. The minimum atomic E-state index is -3.71. The summed E-state index contributed by atoms with van der Waals surface area (Å²) in [5.41, 5.74) is 1.16. The highest BCUT2D eigenvalue weighted by Gasteiger charge is 2.29. The number of benzene rings is 2. The van der Waals surface area contributed by atoms with Gasteiger partial charge in [-0.1, -0.05) is 37.6 Å². The summed E-state index contributed by atoms with van der Waals surface area (Å²) in [7, 11) is -3.71. The Morgan fingerprint density at radius 2 is 1.81 bits per heavy atom. The average molecular weight is 481 g/mol. The number of hydrogen-bond acceptors (Lipinski definition) is 5. The van der Waals surface area contributed by atoms with Crippen LogP contribution in [0.4, 0.5) is 5.69 Å². The van der Waals surface area contributed by atoms with Gasteiger partial charge in [-0.2, -0.15) is 4.31 Å². The summed E-state index contributed by atoms with van der Waals surface area (Å²) in [4.78, 5) is 13.4. The Bertz CT molecular complexity index is 1030. The van der Waals surface area contributed by atoms with Crippen molar-refractivity contribution in [2.24, 2.45) is 5.92 Å². The standard InChI is InChI=1S/C23H29ClN2O5S/c1-4-31-21-10-9-19(32(28,29)26-11-13-30-14-12-26)15-20(21)25-23(27)22(16(2)3)17-5-7-18(24)8-6-17/h5-10,15-16,22H,4,11-14H2,1-3H3,(H,25,27). The Balaban J connectivity index is 1.93. The third-order valence-corrected chi connectivity index (χ3v) is 7.44. The summed E-state index contributed by atoms with van der Waals surface area (Å²) in [6.45, 7) is 7.43. The van der Waals surface area contributed by atoms with Crippen LogP contribution in [0.3, 0.4) is 0 Å². The number of nitrogens with zero attached hydrogens (tertiary/aromatic N) is 1. The van der Waals surface area contributed by atoms with E-state index in [0.29, 0.717) is 49.4 Å². The number of hydrogen-bond donors (Lipinski definition) is 1. The minimum absolute atomic E-state index is 0.00647. The largest absolute Gasteiger partial charge is 0.492 e. The molecule has 1 unspecified atom stereocenters. The number of amides is 1. The molecular weight excluding hydrogens is 452 g/mol. The van der Waals surface area contributed by atoms with Crippen LogP contribution in [0.25, 0.3) is 0 Å². The van der Waals surface area contributed by atoms with E-state index in [9.17, 15) is 13.2 Å². The number of morpholine rings is 1. The smallest absolute Gasteiger partial charge is 0.243 e. The minimum Gasteiger partial charge on any atom is -0.492 e. The normalized spacial score (nSPS) is 16.0. The Morgan fingerprint density at radius 1 is 1.16 bits per heavy atom. The number of anilines is 1. The van der Waals surface area contributed by atoms with E-state index in [1.54, 1.807) is 18.2 Å². The van der Waals surface area contributed by atoms with Crippen LogP contribution >= 0.6 is 11.6 Å². The molecule has 9 heteroatoms. The predicted octanol–water partition coefficient (Wildman–Crippen LogP) is 4.14. The van der Waals surface area contributed by atoms with Crippen molar-refractivity contribution in [3.63, 3.8) is 0 Å². The average Bonchev–Trinajstić information content (AvgIpc) is 2.77. The van der Waals surface area contributed by atoms with Gasteiger partial charge in [-0.05, 0) is 48.7 Å². The Morgan fingerprint density at radius 3 is 2.41 bits per heavy atom. The van der Waals surface area contributed by atoms with Gasteiger partial charge in [-0.25, -0.2) is 8.42 Å². The number of ether oxygens (including phenoxy) is 2. The van der Waals surface area contributed by atoms with E-state index < -0.39 is 15.9 Å². The van der Waals surface area contributed by atoms with Gasteiger partial charge >= 0.3 is 0 Å². The first kappa shape index (κ1) is 24.5. The number of nitrogens with one attached hydrogen (secondary N) is 1. The van der Waals surface area contributed by atoms with Gasteiger partial charge in [-0.15, -0.1) is 0 Å². The van der Waals surface area contributed by atoms with Crippen molar-refractivity contribution >= 4 is 33.2 Å². The highest BCUT2D eigenvalue weighted by molar-refractivity contribution is 7.89. The second kappa shape index (κ2) is 10.7. The summed E-state index contributed by atoms with van der Waals surface area (Å²) in [5, 5.41) is 3.49. The predicted molar refractivity (Wildman–Crippen MR) is 125 cm³/mol. The van der Waals surface area contributed by atoms with Crippen molar-refractivity contribution in [1.29, 1.82) is 0 Å². The molecule has 174 valence electrons. The lowest BCUT2D eigenvalue weighted by atomic mass is 9.87. The molecule has 1 atom stereocenters. The van der Waals surface area contributed by atoms with Gasteiger partial charge < -0.3 is 14.8 Å². The fourth-order valence-electron chi connectivity index (χ4n) is 3.70. The zero-order chi connectivity index (χ0) is 23.3. The van der Waals surface area contributed by atoms with E-state index in [-0.39, 0.29) is 16.7 Å². The highest BCUT2D eigenvalue weighted by atomic mass is 35.5. The van der Waals surface area contributed by atoms with Gasteiger partial charge in [0.15, 0.2) is 0 Å². The van der Waals surface area contributed by atoms with Crippen molar-refractivity contribution in [1.82, 2.24) is 4.31 Å². The molecule has 1 fully saturated rings. The van der Waals surface area contributed by atoms with Crippen LogP contribution in [0.1, 0.15) is 32.3 Å². The maximum atomic E-state index is 13.3. The Kier molecular flexibility index (Phi) is 8.16. The van der Waals surface area contributed by atoms with Gasteiger partial charge in [-0.3, -0.25) is 4.79 Å². The van der Waals surface area contributed by atoms with E-state index in [0.717, 1.165) is 5.56 Å². The fourth-order valence-corrected chi connectivity index (χ4v) is 5.26. The van der Waals surface area contributed by atoms with Crippen molar-refractivity contribution in [2.75, 3.05) is 38.2 Å². The van der Waals surface area contributed by atoms with E-state index in [1.165, 1.54) is 16.4 Å². The molecule has 0 spiro atoms. The summed E-state index contributed by atoms with van der Waals surface area (Å²) < 4.78 is 38.5. The molecule has 1 aliphatic heterocycles. The molecule has 0 saturated carbocycles. The third-order valence-electron chi connectivity index (χ3n) is 5.29. The molecule has 7 nitrogen and oxygen atoms in total. The van der Waals surface area contributed by atoms with Crippen molar-refractivity contribution < 1.29 is 22.7 Å². The Labute approximate surface area is 194 Å². The number of carbonyl (C=O) groups is 1. The molecule has 2 aromatic rings. The molecular formula is C23H29ClN2O5S. The molecule has 1 heterocycles. The lowest BCUT2D eigenvalue weighted by molar-refractivity contribution is -0.118. The number of carbonyl (C=O) groups excluding carboxylic acids is 1. The lowest BCUT2D eigenvalue weighted by Crippen LogP contribution is -2.40. The van der Waals surface area contributed by atoms with Crippen molar-refractivity contribution in [2.45, 2.75) is 31.6 Å². The van der Waals surface area contributed by atoms with Gasteiger partial charge in [0.1, 0.15) is 5.75 Å². The van der Waals surface area contributed by atoms with Crippen LogP contribution in [-0.2, 0) is 19.6 Å². The maximum absolute atomic E-state index is 13.3. The van der Waals surface area contributed by atoms with Crippen LogP contribution in [0.2, 0.25) is 5.02 Å². The SMILES string of the molecule is CCOc1ccc(S(=O)(=O)N2CCOCC2)cc1NC(=O)C(c1ccc(Cl)cc1)C(C)C. The van der Waals surface area contributed by atoms with Gasteiger partial charge in [0, 0.05) is 18.1 Å². The van der Waals surface area contributed by atoms with Crippen LogP contribution in [0, 0.1) is 5.92 Å². The third kappa shape index (κ3) is 5.61. The van der Waals surface area contributed by atoms with Crippen molar-refractivity contribution in [3.8, 4) is 5.75 Å². The molecule has 1 N–H and O–H groups in total. The molecule has 3 rings (SSSR count). The second-order valence-corrected chi connectivity index (χ2v) is 10.2. The fraction of sp³-hybridized carbons (Fsp3) is 0.435. The number of rotatable bonds is 8. The molecule has 2 aromatic carbocycles. The topological polar surface area (TPSA) is 84.9 Å². The van der Waals surface area contributed by atoms with E-state index in [2.05, 4.69) is 5.32 Å². The first-order valence-corrected chi connectivity index (χ1v) is 12.5. The maximum Gasteiger partial charge on any atom is 0.243 e. The van der Waals surface area contributed by atoms with E-state index in [1.807, 2.05) is 32.9 Å². The van der Waals surface area contributed by atoms with E-state index in [4.69, 9.17) is 21.1 Å². The number of halogens is 1. The first-order chi connectivity index (χ1) is 15.2. The van der Waals surface area contributed by atoms with Gasteiger partial charge in [0.25, 0.3) is 0 Å². The Hall–Kier alpha value is -2.13. The van der Waals surface area contributed by atoms with Crippen LogP contribution in [0.15, 0.2) is 47.4 Å². The van der Waals surface area contributed by atoms with Crippen LogP contribution < -0.4 is 10.1 Å². The van der Waals surface area contributed by atoms with E-state index >= 15 is 0 Å². The molecule has 0 radical (unpaired) electrons. The quantitative estimate of drug-likeness (QED) is 0.613. The second-order valence-electron chi connectivity index (χ2n) is 7.87. The molecule has 1 saturated heterocycles. The zero-order valence-corrected chi connectivity index (χ0v) is 20.1. The molecule has 32 heavy (non-hydrogen) atoms. The first-order valence-electron chi connectivity index (χ1n) is 10.6. The van der Waals surface area contributed by atoms with Crippen molar-refractivity contribution in [3.05, 3.63) is 53.1 Å². The van der Waals surface area contributed by atoms with Gasteiger partial charge in [0.05, 0.1) is 36.3 Å². The molecule has 1 aliphatic rings.